The van der Waals surface area contributed by atoms with Gasteiger partial charge in [0.15, 0.2) is 0 Å². The number of anilines is 2. The van der Waals surface area contributed by atoms with Crippen LogP contribution in [0.3, 0.4) is 0 Å². The molecule has 0 saturated carbocycles. The first-order valence-corrected chi connectivity index (χ1v) is 11.4. The number of benzene rings is 2. The monoisotopic (exact) mass is 470 g/mol. The summed E-state index contributed by atoms with van der Waals surface area (Å²) in [5.41, 5.74) is 1.75. The van der Waals surface area contributed by atoms with E-state index in [9.17, 15) is 14.4 Å². The molecule has 4 rings (SSSR count). The summed E-state index contributed by atoms with van der Waals surface area (Å²) in [5.74, 6) is -0.298. The fourth-order valence-electron chi connectivity index (χ4n) is 4.19. The summed E-state index contributed by atoms with van der Waals surface area (Å²) < 4.78 is 5.42. The van der Waals surface area contributed by atoms with Crippen LogP contribution < -0.4 is 10.6 Å². The summed E-state index contributed by atoms with van der Waals surface area (Å²) in [4.78, 5) is 41.7. The highest BCUT2D eigenvalue weighted by atomic mass is 35.5. The fourth-order valence-corrected chi connectivity index (χ4v) is 4.32. The van der Waals surface area contributed by atoms with Gasteiger partial charge in [0.25, 0.3) is 5.91 Å². The van der Waals surface area contributed by atoms with Gasteiger partial charge in [0.05, 0.1) is 6.10 Å². The smallest absolute Gasteiger partial charge is 0.322 e. The van der Waals surface area contributed by atoms with Crippen molar-refractivity contribution >= 4 is 40.8 Å². The van der Waals surface area contributed by atoms with Gasteiger partial charge in [-0.2, -0.15) is 0 Å². The Hall–Kier alpha value is -3.10. The lowest BCUT2D eigenvalue weighted by molar-refractivity contribution is -0.119. The second-order valence-corrected chi connectivity index (χ2v) is 8.70. The van der Waals surface area contributed by atoms with Crippen LogP contribution in [-0.2, 0) is 9.53 Å². The Bertz CT molecular complexity index is 1010. The van der Waals surface area contributed by atoms with E-state index in [1.54, 1.807) is 55.6 Å². The number of carbonyl (C=O) groups is 3. The molecule has 0 bridgehead atoms. The zero-order chi connectivity index (χ0) is 23.4. The minimum absolute atomic E-state index is 0.00847. The van der Waals surface area contributed by atoms with Crippen LogP contribution in [0.2, 0.25) is 5.02 Å². The summed E-state index contributed by atoms with van der Waals surface area (Å²) in [6.07, 6.45) is 2.22. The average molecular weight is 471 g/mol. The van der Waals surface area contributed by atoms with Crippen molar-refractivity contribution in [2.45, 2.75) is 31.4 Å². The molecule has 2 aromatic carbocycles. The van der Waals surface area contributed by atoms with Gasteiger partial charge in [-0.05, 0) is 61.4 Å². The van der Waals surface area contributed by atoms with Crippen LogP contribution in [0, 0.1) is 0 Å². The van der Waals surface area contributed by atoms with Crippen LogP contribution in [0.15, 0.2) is 48.5 Å². The van der Waals surface area contributed by atoms with Gasteiger partial charge in [-0.1, -0.05) is 11.6 Å². The summed E-state index contributed by atoms with van der Waals surface area (Å²) >= 11 is 5.90. The molecule has 2 N–H and O–H groups in total. The van der Waals surface area contributed by atoms with Gasteiger partial charge in [-0.3, -0.25) is 9.59 Å². The molecule has 4 amide bonds. The van der Waals surface area contributed by atoms with Crippen molar-refractivity contribution in [3.63, 3.8) is 0 Å². The maximum Gasteiger partial charge on any atom is 0.322 e. The van der Waals surface area contributed by atoms with E-state index in [0.29, 0.717) is 34.9 Å². The predicted octanol–water partition coefficient (Wildman–Crippen LogP) is 3.84. The van der Waals surface area contributed by atoms with Gasteiger partial charge < -0.3 is 25.2 Å². The Morgan fingerprint density at radius 1 is 0.939 bits per heavy atom. The lowest BCUT2D eigenvalue weighted by atomic mass is 10.1. The van der Waals surface area contributed by atoms with Gasteiger partial charge in [0.1, 0.15) is 6.04 Å². The molecule has 0 aromatic heterocycles. The lowest BCUT2D eigenvalue weighted by Crippen LogP contribution is -2.45. The number of methoxy groups -OCH3 is 1. The van der Waals surface area contributed by atoms with Crippen LogP contribution in [0.25, 0.3) is 0 Å². The quantitative estimate of drug-likeness (QED) is 0.694. The van der Waals surface area contributed by atoms with E-state index in [4.69, 9.17) is 16.3 Å². The highest BCUT2D eigenvalue weighted by Gasteiger charge is 2.40. The third kappa shape index (κ3) is 5.46. The Balaban J connectivity index is 1.41. The highest BCUT2D eigenvalue weighted by molar-refractivity contribution is 6.30. The molecule has 0 unspecified atom stereocenters. The second kappa shape index (κ2) is 10.2. The van der Waals surface area contributed by atoms with Crippen LogP contribution >= 0.6 is 11.6 Å². The molecule has 0 spiro atoms. The lowest BCUT2D eigenvalue weighted by Gasteiger charge is -2.24. The van der Waals surface area contributed by atoms with Crippen molar-refractivity contribution in [2.24, 2.45) is 0 Å². The molecule has 8 nitrogen and oxygen atoms in total. The van der Waals surface area contributed by atoms with Crippen molar-refractivity contribution in [3.8, 4) is 0 Å². The number of amides is 4. The van der Waals surface area contributed by atoms with Gasteiger partial charge in [0, 0.05) is 55.1 Å². The average Bonchev–Trinajstić information content (AvgIpc) is 3.51. The van der Waals surface area contributed by atoms with Crippen LogP contribution in [0.5, 0.6) is 0 Å². The molecule has 2 fully saturated rings. The minimum Gasteiger partial charge on any atom is -0.380 e. The molecule has 9 heteroatoms. The van der Waals surface area contributed by atoms with E-state index in [0.717, 1.165) is 25.9 Å². The van der Waals surface area contributed by atoms with Gasteiger partial charge >= 0.3 is 6.03 Å². The topological polar surface area (TPSA) is 91.0 Å². The van der Waals surface area contributed by atoms with Crippen molar-refractivity contribution in [2.75, 3.05) is 37.4 Å². The number of ether oxygens (including phenoxy) is 1. The first kappa shape index (κ1) is 23.1. The Labute approximate surface area is 197 Å². The van der Waals surface area contributed by atoms with Gasteiger partial charge in [0.2, 0.25) is 5.91 Å². The summed E-state index contributed by atoms with van der Waals surface area (Å²) in [7, 11) is 1.57. The molecule has 2 saturated heterocycles. The van der Waals surface area contributed by atoms with Crippen molar-refractivity contribution in [3.05, 3.63) is 59.1 Å². The normalized spacial score (nSPS) is 20.1. The summed E-state index contributed by atoms with van der Waals surface area (Å²) in [6, 6.07) is 12.5. The number of halogens is 1. The summed E-state index contributed by atoms with van der Waals surface area (Å²) in [6.45, 7) is 1.87. The Morgan fingerprint density at radius 2 is 1.55 bits per heavy atom. The third-order valence-electron chi connectivity index (χ3n) is 6.05. The van der Waals surface area contributed by atoms with Crippen molar-refractivity contribution in [1.82, 2.24) is 9.80 Å². The zero-order valence-corrected chi connectivity index (χ0v) is 19.2. The van der Waals surface area contributed by atoms with Crippen LogP contribution in [0.4, 0.5) is 16.2 Å². The number of nitrogens with zero attached hydrogens (tertiary/aromatic N) is 2. The molecule has 2 aromatic rings. The molecule has 2 aliphatic rings. The van der Waals surface area contributed by atoms with E-state index >= 15 is 0 Å². The third-order valence-corrected chi connectivity index (χ3v) is 6.30. The Morgan fingerprint density at radius 3 is 2.18 bits per heavy atom. The van der Waals surface area contributed by atoms with Crippen molar-refractivity contribution in [1.29, 1.82) is 0 Å². The van der Waals surface area contributed by atoms with E-state index < -0.39 is 6.04 Å². The largest absolute Gasteiger partial charge is 0.380 e. The number of nitrogens with one attached hydrogen (secondary N) is 2. The number of likely N-dealkylation sites (tertiary alicyclic amines) is 2. The molecule has 33 heavy (non-hydrogen) atoms. The number of carbonyl (C=O) groups excluding carboxylic acids is 3. The van der Waals surface area contributed by atoms with Crippen molar-refractivity contribution < 1.29 is 19.1 Å². The fraction of sp³-hybridized carbons (Fsp3) is 0.375. The maximum atomic E-state index is 13.0. The molecular formula is C24H27ClN4O4. The highest BCUT2D eigenvalue weighted by Crippen LogP contribution is 2.24. The van der Waals surface area contributed by atoms with Gasteiger partial charge in [-0.25, -0.2) is 4.79 Å². The molecule has 2 aliphatic heterocycles. The van der Waals surface area contributed by atoms with Crippen LogP contribution in [0.1, 0.15) is 29.6 Å². The number of urea groups is 1. The number of rotatable bonds is 5. The van der Waals surface area contributed by atoms with E-state index in [-0.39, 0.29) is 23.9 Å². The van der Waals surface area contributed by atoms with E-state index in [2.05, 4.69) is 10.6 Å². The zero-order valence-electron chi connectivity index (χ0n) is 18.4. The standard InChI is InChI=1S/C24H27ClN4O4/c1-33-20-14-21(29(15-20)24(32)27-19-10-6-17(25)7-11-19)22(30)26-18-8-4-16(5-9-18)23(31)28-12-2-3-13-28/h4-11,20-21H,2-3,12-15H2,1H3,(H,26,30)(H,27,32)/t20-,21-/m1/s1. The minimum atomic E-state index is -0.687. The molecule has 0 radical (unpaired) electrons. The predicted molar refractivity (Wildman–Crippen MR) is 127 cm³/mol. The second-order valence-electron chi connectivity index (χ2n) is 8.26. The molecule has 2 heterocycles. The first-order chi connectivity index (χ1) is 15.9. The molecule has 2 atom stereocenters. The molecule has 174 valence electrons. The Kier molecular flexibility index (Phi) is 7.15. The first-order valence-electron chi connectivity index (χ1n) is 11.0. The summed E-state index contributed by atoms with van der Waals surface area (Å²) in [5, 5.41) is 6.23. The van der Waals surface area contributed by atoms with E-state index in [1.165, 1.54) is 4.90 Å². The van der Waals surface area contributed by atoms with Gasteiger partial charge in [-0.15, -0.1) is 0 Å². The molecular weight excluding hydrogens is 444 g/mol. The van der Waals surface area contributed by atoms with Crippen LogP contribution in [-0.4, -0.2) is 66.5 Å². The number of hydrogen-bond acceptors (Lipinski definition) is 4. The maximum absolute atomic E-state index is 13.0. The number of hydrogen-bond donors (Lipinski definition) is 2. The van der Waals surface area contributed by atoms with E-state index in [1.807, 2.05) is 4.90 Å². The SMILES string of the molecule is CO[C@@H]1C[C@H](C(=O)Nc2ccc(C(=O)N3CCCC3)cc2)N(C(=O)Nc2ccc(Cl)cc2)C1. The molecule has 0 aliphatic carbocycles.